The lowest BCUT2D eigenvalue weighted by molar-refractivity contribution is -0.121. The van der Waals surface area contributed by atoms with Crippen LogP contribution in [0.25, 0.3) is 10.9 Å². The molecule has 2 aromatic rings. The van der Waals surface area contributed by atoms with Crippen LogP contribution in [0, 0.1) is 0 Å². The van der Waals surface area contributed by atoms with Gasteiger partial charge in [-0.05, 0) is 65.1 Å². The molecule has 1 saturated heterocycles. The largest absolute Gasteiger partial charge is 0.361 e. The molecule has 0 aliphatic carbocycles. The minimum Gasteiger partial charge on any atom is -0.361 e. The Labute approximate surface area is 150 Å². The van der Waals surface area contributed by atoms with Crippen molar-refractivity contribution in [2.45, 2.75) is 31.2 Å². The number of aromatic amines is 1. The Bertz CT molecular complexity index is 713. The van der Waals surface area contributed by atoms with Crippen LogP contribution in [0.15, 0.2) is 30.5 Å². The first-order valence-electron chi connectivity index (χ1n) is 9.18. The zero-order valence-corrected chi connectivity index (χ0v) is 15.6. The molecule has 0 saturated carbocycles. The number of aryl methyl sites for hydroxylation is 1. The van der Waals surface area contributed by atoms with Crippen molar-refractivity contribution in [2.24, 2.45) is 0 Å². The number of nitrogens with one attached hydrogen (secondary N) is 2. The van der Waals surface area contributed by atoms with E-state index in [-0.39, 0.29) is 11.4 Å². The summed E-state index contributed by atoms with van der Waals surface area (Å²) in [6.45, 7) is 2.91. The van der Waals surface area contributed by atoms with Gasteiger partial charge in [-0.15, -0.1) is 0 Å². The predicted molar refractivity (Wildman–Crippen MR) is 103 cm³/mol. The maximum atomic E-state index is 12.4. The van der Waals surface area contributed by atoms with Gasteiger partial charge in [-0.1, -0.05) is 18.2 Å². The maximum Gasteiger partial charge on any atom is 0.220 e. The molecule has 0 bridgehead atoms. The summed E-state index contributed by atoms with van der Waals surface area (Å²) in [6, 6.07) is 8.25. The normalized spacial score (nSPS) is 17.9. The minimum absolute atomic E-state index is 0.0863. The Morgan fingerprint density at radius 3 is 2.72 bits per heavy atom. The summed E-state index contributed by atoms with van der Waals surface area (Å²) in [5, 5.41) is 4.41. The number of likely N-dealkylation sites (tertiary alicyclic amines) is 1. The third kappa shape index (κ3) is 4.05. The zero-order valence-electron chi connectivity index (χ0n) is 15.6. The van der Waals surface area contributed by atoms with Gasteiger partial charge >= 0.3 is 0 Å². The van der Waals surface area contributed by atoms with Crippen LogP contribution in [-0.2, 0) is 11.2 Å². The fourth-order valence-corrected chi connectivity index (χ4v) is 3.76. The number of fused-ring (bicyclic) bond motifs is 1. The van der Waals surface area contributed by atoms with Gasteiger partial charge in [0, 0.05) is 35.6 Å². The van der Waals surface area contributed by atoms with Crippen LogP contribution in [-0.4, -0.2) is 67.0 Å². The number of nitrogens with zero attached hydrogens (tertiary/aromatic N) is 2. The Morgan fingerprint density at radius 1 is 1.28 bits per heavy atom. The SMILES string of the molecule is CN1CCC(CNC(=O)CCc2c[nH]c3ccccc23)(N(C)C)CC1. The van der Waals surface area contributed by atoms with Crippen LogP contribution in [0.4, 0.5) is 0 Å². The predicted octanol–water partition coefficient (Wildman–Crippen LogP) is 2.24. The van der Waals surface area contributed by atoms with Crippen LogP contribution >= 0.6 is 0 Å². The van der Waals surface area contributed by atoms with Crippen LogP contribution in [0.1, 0.15) is 24.8 Å². The fourth-order valence-electron chi connectivity index (χ4n) is 3.76. The van der Waals surface area contributed by atoms with E-state index >= 15 is 0 Å². The van der Waals surface area contributed by atoms with Crippen molar-refractivity contribution >= 4 is 16.8 Å². The number of carbonyl (C=O) groups excluding carboxylic acids is 1. The summed E-state index contributed by atoms with van der Waals surface area (Å²) < 4.78 is 0. The van der Waals surface area contributed by atoms with E-state index < -0.39 is 0 Å². The van der Waals surface area contributed by atoms with Crippen molar-refractivity contribution in [1.82, 2.24) is 20.1 Å². The molecule has 1 amide bonds. The number of piperidine rings is 1. The van der Waals surface area contributed by atoms with Gasteiger partial charge in [0.05, 0.1) is 0 Å². The number of H-pyrrole nitrogens is 1. The second kappa shape index (κ2) is 7.58. The Hall–Kier alpha value is -1.85. The van der Waals surface area contributed by atoms with Crippen molar-refractivity contribution in [3.8, 4) is 0 Å². The van der Waals surface area contributed by atoms with Gasteiger partial charge in [0.15, 0.2) is 0 Å². The number of hydrogen-bond donors (Lipinski definition) is 2. The molecule has 25 heavy (non-hydrogen) atoms. The molecule has 1 aliphatic rings. The molecule has 2 N–H and O–H groups in total. The van der Waals surface area contributed by atoms with E-state index in [1.165, 1.54) is 10.9 Å². The van der Waals surface area contributed by atoms with Crippen molar-refractivity contribution in [3.05, 3.63) is 36.0 Å². The molecule has 0 radical (unpaired) electrons. The molecule has 1 aromatic carbocycles. The number of para-hydroxylation sites is 1. The van der Waals surface area contributed by atoms with Crippen LogP contribution in [0.3, 0.4) is 0 Å². The lowest BCUT2D eigenvalue weighted by atomic mass is 9.86. The summed E-state index contributed by atoms with van der Waals surface area (Å²) in [7, 11) is 6.42. The lowest BCUT2D eigenvalue weighted by Crippen LogP contribution is -2.57. The van der Waals surface area contributed by atoms with Crippen LogP contribution in [0.5, 0.6) is 0 Å². The highest BCUT2D eigenvalue weighted by Gasteiger charge is 2.35. The molecule has 0 spiro atoms. The Balaban J connectivity index is 1.53. The molecule has 5 nitrogen and oxygen atoms in total. The topological polar surface area (TPSA) is 51.4 Å². The quantitative estimate of drug-likeness (QED) is 0.846. The van der Waals surface area contributed by atoms with Crippen molar-refractivity contribution in [3.63, 3.8) is 0 Å². The van der Waals surface area contributed by atoms with E-state index in [1.54, 1.807) is 0 Å². The molecule has 1 aromatic heterocycles. The molecule has 3 rings (SSSR count). The second-order valence-electron chi connectivity index (χ2n) is 7.56. The van der Waals surface area contributed by atoms with Gasteiger partial charge in [0.1, 0.15) is 0 Å². The number of amides is 1. The average Bonchev–Trinajstić information content (AvgIpc) is 3.03. The third-order valence-electron chi connectivity index (χ3n) is 5.78. The maximum absolute atomic E-state index is 12.4. The van der Waals surface area contributed by atoms with Gasteiger partial charge in [-0.25, -0.2) is 0 Å². The van der Waals surface area contributed by atoms with E-state index in [4.69, 9.17) is 0 Å². The molecule has 136 valence electrons. The number of benzene rings is 1. The summed E-state index contributed by atoms with van der Waals surface area (Å²) in [6.07, 6.45) is 5.52. The zero-order chi connectivity index (χ0) is 17.9. The van der Waals surface area contributed by atoms with Gasteiger partial charge < -0.3 is 20.1 Å². The number of carbonyl (C=O) groups is 1. The third-order valence-corrected chi connectivity index (χ3v) is 5.78. The van der Waals surface area contributed by atoms with Crippen LogP contribution < -0.4 is 5.32 Å². The highest BCUT2D eigenvalue weighted by molar-refractivity contribution is 5.84. The summed E-state index contributed by atoms with van der Waals surface area (Å²) >= 11 is 0. The minimum atomic E-state index is 0.0863. The van der Waals surface area contributed by atoms with Gasteiger partial charge in [-0.3, -0.25) is 4.79 Å². The van der Waals surface area contributed by atoms with E-state index in [2.05, 4.69) is 53.4 Å². The fraction of sp³-hybridized carbons (Fsp3) is 0.550. The standard InChI is InChI=1S/C20H30N4O/c1-23(2)20(10-12-24(3)13-11-20)15-22-19(25)9-8-16-14-21-18-7-5-4-6-17(16)18/h4-7,14,21H,8-13,15H2,1-3H3,(H,22,25). The molecular weight excluding hydrogens is 312 g/mol. The average molecular weight is 342 g/mol. The Kier molecular flexibility index (Phi) is 5.45. The first-order chi connectivity index (χ1) is 12.0. The van der Waals surface area contributed by atoms with E-state index in [9.17, 15) is 4.79 Å². The number of aromatic nitrogens is 1. The molecule has 1 fully saturated rings. The number of rotatable bonds is 6. The molecular formula is C20H30N4O. The van der Waals surface area contributed by atoms with Gasteiger partial charge in [0.25, 0.3) is 0 Å². The van der Waals surface area contributed by atoms with E-state index in [0.29, 0.717) is 6.42 Å². The molecule has 2 heterocycles. The molecule has 1 aliphatic heterocycles. The molecule has 0 unspecified atom stereocenters. The number of likely N-dealkylation sites (N-methyl/N-ethyl adjacent to an activating group) is 1. The molecule has 5 heteroatoms. The highest BCUT2D eigenvalue weighted by atomic mass is 16.1. The summed E-state index contributed by atoms with van der Waals surface area (Å²) in [5.74, 6) is 0.144. The summed E-state index contributed by atoms with van der Waals surface area (Å²) in [4.78, 5) is 20.3. The number of hydrogen-bond acceptors (Lipinski definition) is 3. The highest BCUT2D eigenvalue weighted by Crippen LogP contribution is 2.26. The van der Waals surface area contributed by atoms with E-state index in [1.807, 2.05) is 18.3 Å². The smallest absolute Gasteiger partial charge is 0.220 e. The van der Waals surface area contributed by atoms with Crippen molar-refractivity contribution in [2.75, 3.05) is 40.8 Å². The van der Waals surface area contributed by atoms with Crippen molar-refractivity contribution in [1.29, 1.82) is 0 Å². The van der Waals surface area contributed by atoms with Crippen LogP contribution in [0.2, 0.25) is 0 Å². The van der Waals surface area contributed by atoms with Gasteiger partial charge in [0.2, 0.25) is 5.91 Å². The first-order valence-corrected chi connectivity index (χ1v) is 9.18. The molecule has 0 atom stereocenters. The Morgan fingerprint density at radius 2 is 2.00 bits per heavy atom. The first kappa shape index (κ1) is 18.0. The second-order valence-corrected chi connectivity index (χ2v) is 7.56. The van der Waals surface area contributed by atoms with E-state index in [0.717, 1.165) is 44.4 Å². The lowest BCUT2D eigenvalue weighted by Gasteiger charge is -2.45. The van der Waals surface area contributed by atoms with Gasteiger partial charge in [-0.2, -0.15) is 0 Å². The monoisotopic (exact) mass is 342 g/mol. The summed E-state index contributed by atoms with van der Waals surface area (Å²) in [5.41, 5.74) is 2.44. The van der Waals surface area contributed by atoms with Crippen molar-refractivity contribution < 1.29 is 4.79 Å².